The Morgan fingerprint density at radius 1 is 1.27 bits per heavy atom. The second-order valence-electron chi connectivity index (χ2n) is 5.28. The fraction of sp³-hybridized carbons (Fsp3) is 0.562. The van der Waals surface area contributed by atoms with Crippen LogP contribution in [0, 0.1) is 0 Å². The third-order valence-electron chi connectivity index (χ3n) is 3.60. The topological polar surface area (TPSA) is 71.0 Å². The molecule has 1 aromatic carbocycles. The molecule has 1 heterocycles. The monoisotopic (exact) mass is 308 g/mol. The highest BCUT2D eigenvalue weighted by Gasteiger charge is 2.09. The molecule has 2 rings (SSSR count). The first-order valence-electron chi connectivity index (χ1n) is 7.73. The predicted molar refractivity (Wildman–Crippen MR) is 83.5 cm³/mol. The van der Waals surface area contributed by atoms with Crippen LogP contribution in [0.15, 0.2) is 24.3 Å². The van der Waals surface area contributed by atoms with Gasteiger partial charge in [-0.1, -0.05) is 12.1 Å². The van der Waals surface area contributed by atoms with Crippen LogP contribution in [-0.4, -0.2) is 62.1 Å². The van der Waals surface area contributed by atoms with Crippen molar-refractivity contribution in [3.8, 4) is 5.75 Å². The zero-order valence-electron chi connectivity index (χ0n) is 12.8. The van der Waals surface area contributed by atoms with Crippen LogP contribution in [0.3, 0.4) is 0 Å². The summed E-state index contributed by atoms with van der Waals surface area (Å²) in [6.07, 6.45) is 0.702. The maximum absolute atomic E-state index is 10.4. The summed E-state index contributed by atoms with van der Waals surface area (Å²) in [4.78, 5) is 12.8. The van der Waals surface area contributed by atoms with Crippen LogP contribution >= 0.6 is 0 Å². The summed E-state index contributed by atoms with van der Waals surface area (Å²) in [5, 5.41) is 10.9. The molecule has 0 spiro atoms. The Labute approximate surface area is 131 Å². The minimum absolute atomic E-state index is 0.426. The first-order chi connectivity index (χ1) is 10.7. The largest absolute Gasteiger partial charge is 0.494 e. The molecule has 1 amide bonds. The van der Waals surface area contributed by atoms with Crippen molar-refractivity contribution in [3.63, 3.8) is 0 Å². The van der Waals surface area contributed by atoms with Gasteiger partial charge in [0.2, 0.25) is 0 Å². The maximum atomic E-state index is 10.4. The lowest BCUT2D eigenvalue weighted by Crippen LogP contribution is -2.37. The van der Waals surface area contributed by atoms with Gasteiger partial charge in [-0.3, -0.25) is 4.90 Å². The van der Waals surface area contributed by atoms with Gasteiger partial charge in [0.05, 0.1) is 19.8 Å². The Bertz CT molecular complexity index is 444. The van der Waals surface area contributed by atoms with Gasteiger partial charge in [-0.05, 0) is 30.5 Å². The van der Waals surface area contributed by atoms with E-state index in [-0.39, 0.29) is 0 Å². The molecular weight excluding hydrogens is 284 g/mol. The lowest BCUT2D eigenvalue weighted by molar-refractivity contribution is 0.0358. The molecule has 22 heavy (non-hydrogen) atoms. The Hall–Kier alpha value is -1.79. The fourth-order valence-corrected chi connectivity index (χ4v) is 2.37. The summed E-state index contributed by atoms with van der Waals surface area (Å²) < 4.78 is 11.0. The maximum Gasteiger partial charge on any atom is 0.404 e. The molecule has 1 aliphatic heterocycles. The fourth-order valence-electron chi connectivity index (χ4n) is 2.37. The molecule has 1 aliphatic rings. The quantitative estimate of drug-likeness (QED) is 0.714. The summed E-state index contributed by atoms with van der Waals surface area (Å²) >= 11 is 0. The van der Waals surface area contributed by atoms with Crippen LogP contribution < -0.4 is 10.1 Å². The average molecular weight is 308 g/mol. The number of nitrogens with zero attached hydrogens (tertiary/aromatic N) is 1. The normalized spacial score (nSPS) is 15.5. The second-order valence-corrected chi connectivity index (χ2v) is 5.28. The van der Waals surface area contributed by atoms with Crippen molar-refractivity contribution in [2.45, 2.75) is 12.8 Å². The Kier molecular flexibility index (Phi) is 6.99. The minimum Gasteiger partial charge on any atom is -0.494 e. The zero-order valence-corrected chi connectivity index (χ0v) is 12.8. The molecule has 2 N–H and O–H groups in total. The molecular formula is C16H24N2O4. The molecule has 0 atom stereocenters. The van der Waals surface area contributed by atoms with Crippen molar-refractivity contribution in [3.05, 3.63) is 29.8 Å². The Morgan fingerprint density at radius 3 is 2.68 bits per heavy atom. The summed E-state index contributed by atoms with van der Waals surface area (Å²) in [5.74, 6) is 0.858. The minimum atomic E-state index is -0.986. The van der Waals surface area contributed by atoms with Crippen LogP contribution in [0.25, 0.3) is 0 Å². The van der Waals surface area contributed by atoms with Gasteiger partial charge in [0.25, 0.3) is 0 Å². The van der Waals surface area contributed by atoms with Gasteiger partial charge in [0.15, 0.2) is 0 Å². The van der Waals surface area contributed by atoms with E-state index in [1.165, 1.54) is 0 Å². The van der Waals surface area contributed by atoms with Crippen molar-refractivity contribution < 1.29 is 19.4 Å². The first kappa shape index (κ1) is 16.6. The molecule has 6 heteroatoms. The van der Waals surface area contributed by atoms with Crippen molar-refractivity contribution in [2.75, 3.05) is 46.0 Å². The number of morpholine rings is 1. The van der Waals surface area contributed by atoms with Crippen molar-refractivity contribution in [1.29, 1.82) is 0 Å². The SMILES string of the molecule is O=C(O)NCCc1ccc(OCCCN2CCOCC2)cc1. The van der Waals surface area contributed by atoms with Gasteiger partial charge in [0, 0.05) is 26.2 Å². The molecule has 6 nitrogen and oxygen atoms in total. The first-order valence-corrected chi connectivity index (χ1v) is 7.73. The van der Waals surface area contributed by atoms with Crippen LogP contribution in [0.1, 0.15) is 12.0 Å². The summed E-state index contributed by atoms with van der Waals surface area (Å²) in [6, 6.07) is 7.82. The van der Waals surface area contributed by atoms with E-state index in [2.05, 4.69) is 10.2 Å². The van der Waals surface area contributed by atoms with E-state index in [4.69, 9.17) is 14.6 Å². The average Bonchev–Trinajstić information content (AvgIpc) is 2.54. The van der Waals surface area contributed by atoms with Crippen LogP contribution in [0.5, 0.6) is 5.75 Å². The number of nitrogens with one attached hydrogen (secondary N) is 1. The van der Waals surface area contributed by atoms with Gasteiger partial charge >= 0.3 is 6.09 Å². The zero-order chi connectivity index (χ0) is 15.6. The summed E-state index contributed by atoms with van der Waals surface area (Å²) in [6.45, 7) is 5.87. The van der Waals surface area contributed by atoms with Crippen molar-refractivity contribution in [1.82, 2.24) is 10.2 Å². The second kappa shape index (κ2) is 9.27. The van der Waals surface area contributed by atoms with Crippen LogP contribution in [0.2, 0.25) is 0 Å². The molecule has 0 aliphatic carbocycles. The van der Waals surface area contributed by atoms with Gasteiger partial charge in [0.1, 0.15) is 5.75 Å². The number of carboxylic acid groups (broad SMARTS) is 1. The summed E-state index contributed by atoms with van der Waals surface area (Å²) in [7, 11) is 0. The smallest absolute Gasteiger partial charge is 0.404 e. The Balaban J connectivity index is 1.60. The highest BCUT2D eigenvalue weighted by atomic mass is 16.5. The number of carbonyl (C=O) groups is 1. The van der Waals surface area contributed by atoms with Gasteiger partial charge in [-0.15, -0.1) is 0 Å². The molecule has 1 fully saturated rings. The number of rotatable bonds is 8. The third-order valence-corrected chi connectivity index (χ3v) is 3.60. The van der Waals surface area contributed by atoms with E-state index < -0.39 is 6.09 Å². The number of hydrogen-bond donors (Lipinski definition) is 2. The lowest BCUT2D eigenvalue weighted by Gasteiger charge is -2.26. The number of ether oxygens (including phenoxy) is 2. The van der Waals surface area contributed by atoms with Gasteiger partial charge in [-0.25, -0.2) is 4.79 Å². The van der Waals surface area contributed by atoms with Crippen molar-refractivity contribution >= 4 is 6.09 Å². The van der Waals surface area contributed by atoms with Crippen LogP contribution in [0.4, 0.5) is 4.79 Å². The molecule has 0 aromatic heterocycles. The standard InChI is InChI=1S/C16H24N2O4/c19-16(20)17-7-6-14-2-4-15(5-3-14)22-11-1-8-18-9-12-21-13-10-18/h2-5,17H,1,6-13H2,(H,19,20). The Morgan fingerprint density at radius 2 is 2.00 bits per heavy atom. The van der Waals surface area contributed by atoms with Gasteiger partial charge < -0.3 is 19.9 Å². The predicted octanol–water partition coefficient (Wildman–Crippen LogP) is 1.60. The van der Waals surface area contributed by atoms with E-state index in [0.717, 1.165) is 50.6 Å². The molecule has 0 bridgehead atoms. The molecule has 122 valence electrons. The summed E-state index contributed by atoms with van der Waals surface area (Å²) in [5.41, 5.74) is 1.09. The van der Waals surface area contributed by atoms with E-state index in [9.17, 15) is 4.79 Å². The van der Waals surface area contributed by atoms with E-state index in [1.807, 2.05) is 24.3 Å². The molecule has 1 saturated heterocycles. The molecule has 1 aromatic rings. The van der Waals surface area contributed by atoms with Crippen LogP contribution in [-0.2, 0) is 11.2 Å². The van der Waals surface area contributed by atoms with Gasteiger partial charge in [-0.2, -0.15) is 0 Å². The number of hydrogen-bond acceptors (Lipinski definition) is 4. The van der Waals surface area contributed by atoms with E-state index in [1.54, 1.807) is 0 Å². The van der Waals surface area contributed by atoms with E-state index in [0.29, 0.717) is 19.6 Å². The molecule has 0 radical (unpaired) electrons. The molecule has 0 saturated carbocycles. The number of benzene rings is 1. The highest BCUT2D eigenvalue weighted by Crippen LogP contribution is 2.13. The van der Waals surface area contributed by atoms with Crippen molar-refractivity contribution in [2.24, 2.45) is 0 Å². The molecule has 0 unspecified atom stereocenters. The van der Waals surface area contributed by atoms with E-state index >= 15 is 0 Å². The highest BCUT2D eigenvalue weighted by molar-refractivity contribution is 5.64. The lowest BCUT2D eigenvalue weighted by atomic mass is 10.1. The number of amides is 1. The third kappa shape index (κ3) is 6.32.